The second-order valence-corrected chi connectivity index (χ2v) is 2.28. The maximum absolute atomic E-state index is 9.76. The molecule has 0 aliphatic rings. The van der Waals surface area contributed by atoms with E-state index in [0.29, 0.717) is 0 Å². The summed E-state index contributed by atoms with van der Waals surface area (Å²) in [6.07, 6.45) is 0. The van der Waals surface area contributed by atoms with E-state index in [2.05, 4.69) is 5.84 Å². The molecule has 0 spiro atoms. The number of hydrazine groups is 1. The van der Waals surface area contributed by atoms with Crippen LogP contribution < -0.4 is 10.7 Å². The molecule has 0 aromatic carbocycles. The van der Waals surface area contributed by atoms with E-state index >= 15 is 0 Å². The number of carbonyl (C=O) groups is 1. The largest absolute Gasteiger partial charge is 0.284 e. The lowest BCUT2D eigenvalue weighted by Gasteiger charge is -1.84. The summed E-state index contributed by atoms with van der Waals surface area (Å²) in [7, 11) is -3.81. The predicted molar refractivity (Wildman–Crippen MR) is 23.0 cm³/mol. The summed E-state index contributed by atoms with van der Waals surface area (Å²) in [6.45, 7) is 0. The highest BCUT2D eigenvalue weighted by molar-refractivity contribution is 8.02. The van der Waals surface area contributed by atoms with E-state index in [1.165, 1.54) is 4.83 Å². The molecule has 3 N–H and O–H groups in total. The lowest BCUT2D eigenvalue weighted by atomic mass is 11.8. The molecule has 0 rings (SSSR count). The number of hydrogen-bond acceptors (Lipinski definition) is 4. The highest BCUT2D eigenvalue weighted by Gasteiger charge is 1.99. The van der Waals surface area contributed by atoms with Crippen molar-refractivity contribution in [3.63, 3.8) is 0 Å². The number of sulfonamides is 1. The third-order valence-corrected chi connectivity index (χ3v) is 0.873. The third kappa shape index (κ3) is 2.26. The van der Waals surface area contributed by atoms with Gasteiger partial charge >= 0.3 is 0 Å². The molecule has 0 bridgehead atoms. The van der Waals surface area contributed by atoms with Crippen LogP contribution in [0.1, 0.15) is 0 Å². The summed E-state index contributed by atoms with van der Waals surface area (Å²) in [5, 5.41) is 0. The van der Waals surface area contributed by atoms with Gasteiger partial charge in [-0.15, -0.1) is 4.83 Å². The van der Waals surface area contributed by atoms with E-state index in [0.717, 1.165) is 0 Å². The Morgan fingerprint density at radius 3 is 2.00 bits per heavy atom. The van der Waals surface area contributed by atoms with E-state index in [9.17, 15) is 13.2 Å². The summed E-state index contributed by atoms with van der Waals surface area (Å²) in [4.78, 5) is 10.6. The summed E-state index contributed by atoms with van der Waals surface area (Å²) in [6, 6.07) is 0. The standard InChI is InChI=1S/CH4N2O3S/c2-3-7(5,6)1-4/h1,3H,2H2. The van der Waals surface area contributed by atoms with E-state index in [1.54, 1.807) is 0 Å². The fraction of sp³-hybridized carbons (Fsp3) is 0. The third-order valence-electron chi connectivity index (χ3n) is 0.291. The first-order chi connectivity index (χ1) is 3.12. The van der Waals surface area contributed by atoms with Gasteiger partial charge in [-0.2, -0.15) is 0 Å². The van der Waals surface area contributed by atoms with Gasteiger partial charge in [-0.1, -0.05) is 0 Å². The summed E-state index contributed by atoms with van der Waals surface area (Å²) >= 11 is 0. The SMILES string of the molecule is NNS(=O)(=O)C=O. The molecule has 0 unspecified atom stereocenters. The van der Waals surface area contributed by atoms with Crippen molar-refractivity contribution in [1.29, 1.82) is 0 Å². The van der Waals surface area contributed by atoms with Gasteiger partial charge in [-0.3, -0.25) is 10.6 Å². The van der Waals surface area contributed by atoms with E-state index in [-0.39, 0.29) is 5.62 Å². The molecule has 42 valence electrons. The Labute approximate surface area is 40.5 Å². The average molecular weight is 124 g/mol. The van der Waals surface area contributed by atoms with Crippen molar-refractivity contribution in [3.8, 4) is 0 Å². The van der Waals surface area contributed by atoms with Gasteiger partial charge in [0.25, 0.3) is 10.0 Å². The zero-order valence-electron chi connectivity index (χ0n) is 3.29. The molecule has 0 aromatic rings. The van der Waals surface area contributed by atoms with Crippen molar-refractivity contribution >= 4 is 15.6 Å². The average Bonchev–Trinajstić information content (AvgIpc) is 1.68. The van der Waals surface area contributed by atoms with Crippen LogP contribution in [0.25, 0.3) is 0 Å². The van der Waals surface area contributed by atoms with Crippen LogP contribution in [0.3, 0.4) is 0 Å². The first-order valence-corrected chi connectivity index (χ1v) is 2.84. The van der Waals surface area contributed by atoms with Gasteiger partial charge in [0.15, 0.2) is 0 Å². The zero-order valence-corrected chi connectivity index (χ0v) is 4.10. The van der Waals surface area contributed by atoms with Gasteiger partial charge < -0.3 is 0 Å². The van der Waals surface area contributed by atoms with Gasteiger partial charge in [-0.05, 0) is 0 Å². The van der Waals surface area contributed by atoms with Crippen LogP contribution >= 0.6 is 0 Å². The smallest absolute Gasteiger partial charge is 0.283 e. The van der Waals surface area contributed by atoms with Crippen molar-refractivity contribution in [2.45, 2.75) is 0 Å². The van der Waals surface area contributed by atoms with Crippen LogP contribution in [-0.4, -0.2) is 14.0 Å². The van der Waals surface area contributed by atoms with Crippen LogP contribution in [0.2, 0.25) is 0 Å². The number of rotatable bonds is 2. The minimum absolute atomic E-state index is 0.271. The molecular weight excluding hydrogens is 120 g/mol. The summed E-state index contributed by atoms with van der Waals surface area (Å²) in [5.74, 6) is 4.35. The van der Waals surface area contributed by atoms with Crippen LogP contribution in [0.4, 0.5) is 0 Å². The van der Waals surface area contributed by atoms with Crippen molar-refractivity contribution in [2.24, 2.45) is 5.84 Å². The Morgan fingerprint density at radius 2 is 2.00 bits per heavy atom. The van der Waals surface area contributed by atoms with E-state index in [4.69, 9.17) is 0 Å². The lowest BCUT2D eigenvalue weighted by molar-refractivity contribution is 0.552. The first kappa shape index (κ1) is 6.54. The molecule has 6 heteroatoms. The van der Waals surface area contributed by atoms with Crippen LogP contribution in [0, 0.1) is 0 Å². The molecule has 0 fully saturated rings. The molecule has 0 atom stereocenters. The van der Waals surface area contributed by atoms with Crippen molar-refractivity contribution in [2.75, 3.05) is 0 Å². The monoisotopic (exact) mass is 124 g/mol. The quantitative estimate of drug-likeness (QED) is 0.252. The molecule has 0 amide bonds. The molecule has 0 saturated carbocycles. The minimum Gasteiger partial charge on any atom is -0.284 e. The molecule has 0 heterocycles. The Hall–Kier alpha value is -0.460. The van der Waals surface area contributed by atoms with Gasteiger partial charge in [0.2, 0.25) is 5.62 Å². The topological polar surface area (TPSA) is 89.3 Å². The second kappa shape index (κ2) is 2.01. The van der Waals surface area contributed by atoms with Gasteiger partial charge in [0.05, 0.1) is 0 Å². The lowest BCUT2D eigenvalue weighted by Crippen LogP contribution is -2.30. The number of nitrogens with one attached hydrogen (secondary N) is 1. The van der Waals surface area contributed by atoms with Crippen LogP contribution in [0.5, 0.6) is 0 Å². The fourth-order valence-corrected chi connectivity index (χ4v) is 0.0833. The Morgan fingerprint density at radius 1 is 1.57 bits per heavy atom. The highest BCUT2D eigenvalue weighted by atomic mass is 32.2. The molecule has 0 aliphatic heterocycles. The van der Waals surface area contributed by atoms with Crippen molar-refractivity contribution in [1.82, 2.24) is 4.83 Å². The van der Waals surface area contributed by atoms with E-state index in [1.807, 2.05) is 0 Å². The van der Waals surface area contributed by atoms with E-state index < -0.39 is 10.0 Å². The summed E-state index contributed by atoms with van der Waals surface area (Å²) in [5.41, 5.74) is -0.271. The van der Waals surface area contributed by atoms with Gasteiger partial charge in [0.1, 0.15) is 0 Å². The maximum atomic E-state index is 9.76. The minimum atomic E-state index is -3.81. The predicted octanol–water partition coefficient (Wildman–Crippen LogP) is -2.03. The van der Waals surface area contributed by atoms with Crippen LogP contribution in [-0.2, 0) is 14.8 Å². The first-order valence-electron chi connectivity index (χ1n) is 1.30. The van der Waals surface area contributed by atoms with Crippen molar-refractivity contribution < 1.29 is 13.2 Å². The van der Waals surface area contributed by atoms with Crippen LogP contribution in [0.15, 0.2) is 0 Å². The highest BCUT2D eigenvalue weighted by Crippen LogP contribution is 1.63. The number of hydrogen-bond donors (Lipinski definition) is 2. The Kier molecular flexibility index (Phi) is 1.88. The normalized spacial score (nSPS) is 11.0. The molecule has 0 radical (unpaired) electrons. The number of nitrogens with two attached hydrogens (primary N) is 1. The zero-order chi connectivity index (χ0) is 5.91. The fourth-order valence-electron chi connectivity index (χ4n) is 0.0278. The Balaban J connectivity index is 4.17. The molecule has 0 saturated heterocycles. The van der Waals surface area contributed by atoms with Gasteiger partial charge in [-0.25, -0.2) is 8.42 Å². The molecule has 0 aliphatic carbocycles. The molecule has 5 nitrogen and oxygen atoms in total. The van der Waals surface area contributed by atoms with Gasteiger partial charge in [0, 0.05) is 0 Å². The Bertz CT molecular complexity index is 146. The molecule has 7 heavy (non-hydrogen) atoms. The summed E-state index contributed by atoms with van der Waals surface area (Å²) < 4.78 is 19.5. The molecule has 0 aromatic heterocycles. The number of carbonyl (C=O) groups excluding carboxylic acids is 1. The molecular formula is CH4N2O3S. The van der Waals surface area contributed by atoms with Crippen molar-refractivity contribution in [3.05, 3.63) is 0 Å². The second-order valence-electron chi connectivity index (χ2n) is 0.759. The maximum Gasteiger partial charge on any atom is 0.283 e.